The summed E-state index contributed by atoms with van der Waals surface area (Å²) in [6.45, 7) is 1.77. The van der Waals surface area contributed by atoms with Crippen molar-refractivity contribution in [2.75, 3.05) is 12.4 Å². The maximum absolute atomic E-state index is 12.5. The molecule has 0 saturated heterocycles. The number of carbonyl (C=O) groups excluding carboxylic acids is 1. The van der Waals surface area contributed by atoms with Crippen molar-refractivity contribution in [3.63, 3.8) is 0 Å². The van der Waals surface area contributed by atoms with Gasteiger partial charge in [-0.3, -0.25) is 0 Å². The summed E-state index contributed by atoms with van der Waals surface area (Å²) >= 11 is 0. The summed E-state index contributed by atoms with van der Waals surface area (Å²) in [5.41, 5.74) is 3.11. The monoisotopic (exact) mass is 438 g/mol. The molecule has 7 nitrogen and oxygen atoms in total. The maximum Gasteiger partial charge on any atom is 0.319 e. The Balaban J connectivity index is 1.38. The minimum atomic E-state index is -0.488. The number of urea groups is 1. The third kappa shape index (κ3) is 5.77. The summed E-state index contributed by atoms with van der Waals surface area (Å²) in [7, 11) is 1.59. The molecular formula is C26H22N4O3. The Morgan fingerprint density at radius 1 is 0.970 bits per heavy atom. The molecule has 1 unspecified atom stereocenters. The summed E-state index contributed by atoms with van der Waals surface area (Å²) in [6, 6.07) is 23.5. The lowest BCUT2D eigenvalue weighted by molar-refractivity contribution is 0.245. The minimum absolute atomic E-state index is 0.297. The molecule has 7 heteroatoms. The van der Waals surface area contributed by atoms with E-state index in [1.165, 1.54) is 0 Å². The van der Waals surface area contributed by atoms with Crippen LogP contribution in [0.15, 0.2) is 83.4 Å². The molecule has 1 aromatic heterocycles. The molecule has 0 aliphatic heterocycles. The van der Waals surface area contributed by atoms with Crippen LogP contribution in [0.3, 0.4) is 0 Å². The van der Waals surface area contributed by atoms with E-state index in [2.05, 4.69) is 32.6 Å². The number of anilines is 1. The fourth-order valence-electron chi connectivity index (χ4n) is 3.06. The maximum atomic E-state index is 12.5. The summed E-state index contributed by atoms with van der Waals surface area (Å²) in [6.07, 6.45) is 0. The first kappa shape index (κ1) is 21.7. The Bertz CT molecular complexity index is 1310. The van der Waals surface area contributed by atoms with Gasteiger partial charge in [-0.2, -0.15) is 4.98 Å². The van der Waals surface area contributed by atoms with Gasteiger partial charge in [0, 0.05) is 22.4 Å². The number of benzene rings is 3. The van der Waals surface area contributed by atoms with Crippen LogP contribution in [0.2, 0.25) is 0 Å². The highest BCUT2D eigenvalue weighted by Gasteiger charge is 2.17. The van der Waals surface area contributed by atoms with Crippen LogP contribution >= 0.6 is 0 Å². The van der Waals surface area contributed by atoms with Gasteiger partial charge in [-0.05, 0) is 49.4 Å². The Labute approximate surface area is 191 Å². The van der Waals surface area contributed by atoms with Gasteiger partial charge in [-0.15, -0.1) is 0 Å². The van der Waals surface area contributed by atoms with Crippen LogP contribution in [0, 0.1) is 11.8 Å². The molecule has 0 aliphatic carbocycles. The number of methoxy groups -OCH3 is 1. The molecule has 2 amide bonds. The zero-order valence-electron chi connectivity index (χ0n) is 18.2. The van der Waals surface area contributed by atoms with Gasteiger partial charge in [0.2, 0.25) is 11.7 Å². The van der Waals surface area contributed by atoms with E-state index < -0.39 is 12.1 Å². The molecular weight excluding hydrogens is 416 g/mol. The highest BCUT2D eigenvalue weighted by Crippen LogP contribution is 2.22. The summed E-state index contributed by atoms with van der Waals surface area (Å²) in [4.78, 5) is 16.9. The van der Waals surface area contributed by atoms with Crippen LogP contribution in [-0.4, -0.2) is 23.3 Å². The Morgan fingerprint density at radius 3 is 2.55 bits per heavy atom. The Morgan fingerprint density at radius 2 is 1.73 bits per heavy atom. The van der Waals surface area contributed by atoms with E-state index in [0.29, 0.717) is 23.2 Å². The van der Waals surface area contributed by atoms with Gasteiger partial charge >= 0.3 is 6.03 Å². The summed E-state index contributed by atoms with van der Waals surface area (Å²) < 4.78 is 10.6. The number of ether oxygens (including phenoxy) is 1. The second-order valence-corrected chi connectivity index (χ2v) is 7.21. The number of rotatable bonds is 5. The third-order valence-corrected chi connectivity index (χ3v) is 4.73. The first-order valence-electron chi connectivity index (χ1n) is 10.3. The van der Waals surface area contributed by atoms with Crippen LogP contribution in [0.5, 0.6) is 5.75 Å². The predicted molar refractivity (Wildman–Crippen MR) is 126 cm³/mol. The lowest BCUT2D eigenvalue weighted by Crippen LogP contribution is -2.31. The molecule has 1 atom stereocenters. The number of nitrogens with one attached hydrogen (secondary N) is 2. The Kier molecular flexibility index (Phi) is 6.67. The zero-order chi connectivity index (χ0) is 23.0. The zero-order valence-corrected chi connectivity index (χ0v) is 18.2. The predicted octanol–water partition coefficient (Wildman–Crippen LogP) is 5.03. The van der Waals surface area contributed by atoms with Crippen LogP contribution in [0.25, 0.3) is 11.4 Å². The normalized spacial score (nSPS) is 11.1. The van der Waals surface area contributed by atoms with E-state index >= 15 is 0 Å². The number of hydrogen-bond donors (Lipinski definition) is 2. The molecule has 0 spiro atoms. The lowest BCUT2D eigenvalue weighted by Gasteiger charge is -2.11. The highest BCUT2D eigenvalue weighted by molar-refractivity contribution is 5.89. The van der Waals surface area contributed by atoms with Gasteiger partial charge in [-0.1, -0.05) is 53.4 Å². The average Bonchev–Trinajstić information content (AvgIpc) is 3.34. The number of nitrogens with zero attached hydrogens (tertiary/aromatic N) is 2. The van der Waals surface area contributed by atoms with Crippen molar-refractivity contribution in [3.8, 4) is 29.0 Å². The highest BCUT2D eigenvalue weighted by atomic mass is 16.5. The van der Waals surface area contributed by atoms with Gasteiger partial charge in [0.1, 0.15) is 11.8 Å². The van der Waals surface area contributed by atoms with Gasteiger partial charge in [0.05, 0.1) is 7.11 Å². The molecule has 3 aromatic carbocycles. The largest absolute Gasteiger partial charge is 0.497 e. The molecule has 0 radical (unpaired) electrons. The molecule has 0 bridgehead atoms. The van der Waals surface area contributed by atoms with E-state index in [1.807, 2.05) is 72.8 Å². The second-order valence-electron chi connectivity index (χ2n) is 7.21. The molecule has 4 rings (SSSR count). The minimum Gasteiger partial charge on any atom is -0.497 e. The van der Waals surface area contributed by atoms with Gasteiger partial charge in [0.25, 0.3) is 0 Å². The van der Waals surface area contributed by atoms with Crippen LogP contribution < -0.4 is 15.4 Å². The molecule has 0 aliphatic rings. The quantitative estimate of drug-likeness (QED) is 0.427. The van der Waals surface area contributed by atoms with Crippen molar-refractivity contribution >= 4 is 11.7 Å². The average molecular weight is 438 g/mol. The number of amides is 2. The smallest absolute Gasteiger partial charge is 0.319 e. The fourth-order valence-corrected chi connectivity index (χ4v) is 3.06. The molecule has 1 heterocycles. The fraction of sp³-hybridized carbons (Fsp3) is 0.115. The van der Waals surface area contributed by atoms with E-state index in [9.17, 15) is 4.79 Å². The van der Waals surface area contributed by atoms with Crippen LogP contribution in [-0.2, 0) is 0 Å². The lowest BCUT2D eigenvalue weighted by atomic mass is 10.1. The first-order valence-corrected chi connectivity index (χ1v) is 10.3. The number of carbonyl (C=O) groups is 1. The van der Waals surface area contributed by atoms with Crippen molar-refractivity contribution in [3.05, 3.63) is 95.9 Å². The SMILES string of the molecule is COc1cccc(-c2noc(C(C)NC(=O)Nc3cccc(C#Cc4ccccc4)c3)n2)c1. The van der Waals surface area contributed by atoms with E-state index in [1.54, 1.807) is 20.1 Å². The summed E-state index contributed by atoms with van der Waals surface area (Å²) in [5.74, 6) is 7.62. The third-order valence-electron chi connectivity index (χ3n) is 4.73. The molecule has 33 heavy (non-hydrogen) atoms. The molecule has 2 N–H and O–H groups in total. The Hall–Kier alpha value is -4.57. The van der Waals surface area contributed by atoms with E-state index in [0.717, 1.165) is 16.7 Å². The molecule has 0 fully saturated rings. The van der Waals surface area contributed by atoms with Gasteiger partial charge in [-0.25, -0.2) is 4.79 Å². The first-order chi connectivity index (χ1) is 16.1. The standard InChI is InChI=1S/C26H22N4O3/c1-18(25-29-24(30-33-25)21-11-7-13-23(17-21)32-2)27-26(31)28-22-12-6-10-20(16-22)15-14-19-8-4-3-5-9-19/h3-13,16-18H,1-2H3,(H2,27,28,31). The van der Waals surface area contributed by atoms with Crippen LogP contribution in [0.4, 0.5) is 10.5 Å². The van der Waals surface area contributed by atoms with E-state index in [4.69, 9.17) is 9.26 Å². The van der Waals surface area contributed by atoms with Gasteiger partial charge < -0.3 is 19.9 Å². The second kappa shape index (κ2) is 10.2. The molecule has 4 aromatic rings. The molecule has 164 valence electrons. The summed E-state index contributed by atoms with van der Waals surface area (Å²) in [5, 5.41) is 9.62. The van der Waals surface area contributed by atoms with Crippen molar-refractivity contribution in [1.29, 1.82) is 0 Å². The van der Waals surface area contributed by atoms with Crippen LogP contribution in [0.1, 0.15) is 30.0 Å². The topological polar surface area (TPSA) is 89.3 Å². The number of aromatic nitrogens is 2. The van der Waals surface area contributed by atoms with Crippen molar-refractivity contribution in [2.24, 2.45) is 0 Å². The number of hydrogen-bond acceptors (Lipinski definition) is 5. The van der Waals surface area contributed by atoms with E-state index in [-0.39, 0.29) is 0 Å². The van der Waals surface area contributed by atoms with Crippen molar-refractivity contribution in [1.82, 2.24) is 15.5 Å². The molecule has 0 saturated carbocycles. The van der Waals surface area contributed by atoms with Crippen molar-refractivity contribution in [2.45, 2.75) is 13.0 Å². The van der Waals surface area contributed by atoms with Crippen molar-refractivity contribution < 1.29 is 14.1 Å². The van der Waals surface area contributed by atoms with Gasteiger partial charge in [0.15, 0.2) is 0 Å².